The highest BCUT2D eigenvalue weighted by Gasteiger charge is 2.48. The normalized spacial score (nSPS) is 29.0. The van der Waals surface area contributed by atoms with Gasteiger partial charge in [0.05, 0.1) is 0 Å². The second kappa shape index (κ2) is 5.05. The van der Waals surface area contributed by atoms with Gasteiger partial charge in [0.1, 0.15) is 0 Å². The van der Waals surface area contributed by atoms with Gasteiger partial charge in [-0.15, -0.1) is 11.6 Å². The molecule has 1 fully saturated rings. The van der Waals surface area contributed by atoms with E-state index in [0.29, 0.717) is 17.2 Å². The van der Waals surface area contributed by atoms with Gasteiger partial charge in [0.2, 0.25) is 0 Å². The molecule has 0 saturated carbocycles. The van der Waals surface area contributed by atoms with E-state index in [1.165, 1.54) is 4.90 Å². The Hall–Kier alpha value is -0.820. The number of nitrogens with zero attached hydrogens (tertiary/aromatic N) is 3. The molecule has 8 heteroatoms. The molecule has 3 unspecified atom stereocenters. The molecule has 3 atom stereocenters. The van der Waals surface area contributed by atoms with Crippen LogP contribution in [-0.2, 0) is 4.79 Å². The molecule has 6 nitrogen and oxygen atoms in total. The Morgan fingerprint density at radius 3 is 2.83 bits per heavy atom. The summed E-state index contributed by atoms with van der Waals surface area (Å²) in [4.78, 5) is 31.0. The van der Waals surface area contributed by atoms with E-state index in [2.05, 4.69) is 26.2 Å². The monoisotopic (exact) mass is 336 g/mol. The first-order chi connectivity index (χ1) is 8.45. The van der Waals surface area contributed by atoms with Crippen molar-refractivity contribution in [1.82, 2.24) is 15.1 Å². The van der Waals surface area contributed by atoms with E-state index >= 15 is 0 Å². The number of hydrogen-bond acceptors (Lipinski definition) is 4. The zero-order valence-corrected chi connectivity index (χ0v) is 12.4. The van der Waals surface area contributed by atoms with Crippen LogP contribution in [0.2, 0.25) is 0 Å². The lowest BCUT2D eigenvalue weighted by molar-refractivity contribution is -0.127. The third-order valence-electron chi connectivity index (χ3n) is 3.08. The van der Waals surface area contributed by atoms with Crippen LogP contribution < -0.4 is 5.32 Å². The van der Waals surface area contributed by atoms with Crippen LogP contribution in [0, 0.1) is 5.92 Å². The van der Waals surface area contributed by atoms with Gasteiger partial charge >= 0.3 is 6.03 Å². The molecule has 1 N–H and O–H groups in total. The Morgan fingerprint density at radius 1 is 1.56 bits per heavy atom. The molecule has 0 aromatic carbocycles. The first-order valence-electron chi connectivity index (χ1n) is 5.59. The Balaban J connectivity index is 2.22. The Bertz CT molecular complexity index is 417. The lowest BCUT2D eigenvalue weighted by atomic mass is 10.1. The number of urea groups is 1. The largest absolute Gasteiger partial charge is 0.335 e. The van der Waals surface area contributed by atoms with Crippen LogP contribution in [0.25, 0.3) is 0 Å². The number of amidine groups is 1. The van der Waals surface area contributed by atoms with E-state index < -0.39 is 18.2 Å². The first-order valence-corrected chi connectivity index (χ1v) is 6.92. The van der Waals surface area contributed by atoms with Crippen molar-refractivity contribution in [3.63, 3.8) is 0 Å². The van der Waals surface area contributed by atoms with Gasteiger partial charge in [-0.2, -0.15) is 0 Å². The number of amides is 3. The van der Waals surface area contributed by atoms with Gasteiger partial charge < -0.3 is 9.80 Å². The number of carbonyl (C=O) groups is 2. The summed E-state index contributed by atoms with van der Waals surface area (Å²) in [5.74, 6) is 0.414. The van der Waals surface area contributed by atoms with E-state index in [4.69, 9.17) is 11.6 Å². The number of hydrogen-bond donors (Lipinski definition) is 1. The fourth-order valence-corrected chi connectivity index (χ4v) is 2.74. The molecular formula is C10H14BrClN4O2. The summed E-state index contributed by atoms with van der Waals surface area (Å²) in [7, 11) is 1.62. The Kier molecular flexibility index (Phi) is 3.82. The second-order valence-electron chi connectivity index (χ2n) is 4.57. The Morgan fingerprint density at radius 2 is 2.22 bits per heavy atom. The highest BCUT2D eigenvalue weighted by atomic mass is 79.9. The van der Waals surface area contributed by atoms with Crippen molar-refractivity contribution in [3.8, 4) is 0 Å². The molecule has 100 valence electrons. The molecule has 1 saturated heterocycles. The minimum absolute atomic E-state index is 0.226. The number of carbonyl (C=O) groups excluding carboxylic acids is 2. The van der Waals surface area contributed by atoms with Crippen LogP contribution in [0.5, 0.6) is 0 Å². The van der Waals surface area contributed by atoms with Crippen LogP contribution >= 0.6 is 27.5 Å². The third kappa shape index (κ3) is 2.21. The molecule has 0 aliphatic carbocycles. The Labute approximate surface area is 118 Å². The van der Waals surface area contributed by atoms with E-state index in [9.17, 15) is 9.59 Å². The number of imide groups is 1. The van der Waals surface area contributed by atoms with E-state index in [1.807, 2.05) is 11.8 Å². The highest BCUT2D eigenvalue weighted by molar-refractivity contribution is 9.18. The molecule has 2 heterocycles. The molecule has 0 aromatic rings. The molecule has 0 aromatic heterocycles. The number of fused-ring (bicyclic) bond motifs is 1. The molecule has 0 spiro atoms. The lowest BCUT2D eigenvalue weighted by Gasteiger charge is -2.36. The maximum absolute atomic E-state index is 11.9. The molecule has 2 aliphatic heterocycles. The summed E-state index contributed by atoms with van der Waals surface area (Å²) in [5.41, 5.74) is 0. The topological polar surface area (TPSA) is 65.0 Å². The smallest absolute Gasteiger partial charge is 0.325 e. The van der Waals surface area contributed by atoms with Gasteiger partial charge in [-0.25, -0.2) is 9.79 Å². The quantitative estimate of drug-likeness (QED) is 0.612. The molecule has 2 rings (SSSR count). The highest BCUT2D eigenvalue weighted by Crippen LogP contribution is 2.26. The zero-order valence-electron chi connectivity index (χ0n) is 10.1. The van der Waals surface area contributed by atoms with Gasteiger partial charge in [-0.1, -0.05) is 6.92 Å². The standard InChI is InChI=1S/C10H14BrClN4O2/c1-5(3-12)4-16-6-7(13-9(16)11)15(2)10(18)14-8(6)17/h5-7H,3-4H2,1-2H3,(H,14,17,18). The van der Waals surface area contributed by atoms with Crippen molar-refractivity contribution in [3.05, 3.63) is 0 Å². The molecule has 18 heavy (non-hydrogen) atoms. The van der Waals surface area contributed by atoms with Crippen LogP contribution in [0.1, 0.15) is 6.92 Å². The fourth-order valence-electron chi connectivity index (χ4n) is 2.07. The van der Waals surface area contributed by atoms with Crippen molar-refractivity contribution in [2.75, 3.05) is 19.5 Å². The molecular weight excluding hydrogens is 323 g/mol. The average Bonchev–Trinajstić information content (AvgIpc) is 2.64. The SMILES string of the molecule is CC(CCl)CN1C(Br)=NC2C1C(=O)NC(=O)N2C. The van der Waals surface area contributed by atoms with Crippen molar-refractivity contribution < 1.29 is 9.59 Å². The van der Waals surface area contributed by atoms with Crippen LogP contribution in [0.15, 0.2) is 4.99 Å². The van der Waals surface area contributed by atoms with E-state index in [0.717, 1.165) is 0 Å². The maximum atomic E-state index is 11.9. The van der Waals surface area contributed by atoms with Crippen molar-refractivity contribution in [1.29, 1.82) is 0 Å². The van der Waals surface area contributed by atoms with Gasteiger partial charge in [0.25, 0.3) is 5.91 Å². The van der Waals surface area contributed by atoms with Crippen LogP contribution in [0.4, 0.5) is 4.79 Å². The number of nitrogens with one attached hydrogen (secondary N) is 1. The minimum Gasteiger partial charge on any atom is -0.335 e. The van der Waals surface area contributed by atoms with Gasteiger partial charge in [-0.3, -0.25) is 10.1 Å². The third-order valence-corrected chi connectivity index (χ3v) is 4.27. The molecule has 0 radical (unpaired) electrons. The molecule has 3 amide bonds. The predicted molar refractivity (Wildman–Crippen MR) is 71.8 cm³/mol. The number of rotatable bonds is 3. The summed E-state index contributed by atoms with van der Waals surface area (Å²) >= 11 is 9.14. The van der Waals surface area contributed by atoms with Gasteiger partial charge in [0.15, 0.2) is 17.0 Å². The van der Waals surface area contributed by atoms with E-state index in [-0.39, 0.29) is 11.8 Å². The van der Waals surface area contributed by atoms with Crippen molar-refractivity contribution in [2.24, 2.45) is 10.9 Å². The van der Waals surface area contributed by atoms with Gasteiger partial charge in [0, 0.05) is 19.5 Å². The van der Waals surface area contributed by atoms with Crippen molar-refractivity contribution >= 4 is 44.2 Å². The molecule has 2 aliphatic rings. The summed E-state index contributed by atoms with van der Waals surface area (Å²) in [6.45, 7) is 2.61. The number of halogens is 2. The average molecular weight is 338 g/mol. The number of alkyl halides is 1. The predicted octanol–water partition coefficient (Wildman–Crippen LogP) is 0.804. The summed E-state index contributed by atoms with van der Waals surface area (Å²) in [6.07, 6.45) is -0.469. The second-order valence-corrected chi connectivity index (χ2v) is 5.59. The van der Waals surface area contributed by atoms with Crippen LogP contribution in [0.3, 0.4) is 0 Å². The number of aliphatic imine (C=N–C) groups is 1. The minimum atomic E-state index is -0.479. The molecule has 0 bridgehead atoms. The summed E-state index contributed by atoms with van der Waals surface area (Å²) in [5, 5.41) is 2.32. The lowest BCUT2D eigenvalue weighted by Crippen LogP contribution is -2.63. The van der Waals surface area contributed by atoms with Crippen LogP contribution in [-0.4, -0.2) is 58.2 Å². The zero-order chi connectivity index (χ0) is 13.4. The van der Waals surface area contributed by atoms with E-state index in [1.54, 1.807) is 7.05 Å². The maximum Gasteiger partial charge on any atom is 0.325 e. The fraction of sp³-hybridized carbons (Fsp3) is 0.700. The van der Waals surface area contributed by atoms with Gasteiger partial charge in [-0.05, 0) is 21.8 Å². The summed E-state index contributed by atoms with van der Waals surface area (Å²) in [6, 6.07) is -0.898. The number of likely N-dealkylation sites (N-methyl/N-ethyl adjacent to an activating group) is 1. The van der Waals surface area contributed by atoms with Crippen molar-refractivity contribution in [2.45, 2.75) is 19.1 Å². The first kappa shape index (κ1) is 13.6. The summed E-state index contributed by atoms with van der Waals surface area (Å²) < 4.78 is 0.589.